The predicted molar refractivity (Wildman–Crippen MR) is 84.8 cm³/mol. The van der Waals surface area contributed by atoms with E-state index in [0.29, 0.717) is 6.54 Å². The molecule has 108 valence electrons. The molecule has 0 amide bonds. The highest BCUT2D eigenvalue weighted by molar-refractivity contribution is 5.61. The van der Waals surface area contributed by atoms with E-state index in [0.717, 1.165) is 30.1 Å². The van der Waals surface area contributed by atoms with E-state index in [4.69, 9.17) is 5.73 Å². The zero-order valence-corrected chi connectivity index (χ0v) is 12.1. The number of anilines is 2. The van der Waals surface area contributed by atoms with Gasteiger partial charge < -0.3 is 10.6 Å². The Morgan fingerprint density at radius 3 is 2.71 bits per heavy atom. The summed E-state index contributed by atoms with van der Waals surface area (Å²) in [5.41, 5.74) is 8.89. The van der Waals surface area contributed by atoms with E-state index in [1.165, 1.54) is 5.56 Å². The SMILES string of the molecule is Cc1ccc(N(CCCN)c2ccn3nccc3n2)cc1. The van der Waals surface area contributed by atoms with Crippen molar-refractivity contribution < 1.29 is 0 Å². The summed E-state index contributed by atoms with van der Waals surface area (Å²) < 4.78 is 1.76. The van der Waals surface area contributed by atoms with Crippen LogP contribution in [0.1, 0.15) is 12.0 Å². The molecule has 5 heteroatoms. The van der Waals surface area contributed by atoms with Crippen molar-refractivity contribution in [2.75, 3.05) is 18.0 Å². The van der Waals surface area contributed by atoms with E-state index in [-0.39, 0.29) is 0 Å². The standard InChI is InChI=1S/C16H19N5/c1-13-3-5-14(6-4-13)20(11-2-9-17)15-8-12-21-16(19-15)7-10-18-21/h3-8,10,12H,2,9,11,17H2,1H3. The number of aryl methyl sites for hydroxylation is 1. The van der Waals surface area contributed by atoms with Crippen molar-refractivity contribution in [3.63, 3.8) is 0 Å². The van der Waals surface area contributed by atoms with Crippen molar-refractivity contribution in [2.45, 2.75) is 13.3 Å². The van der Waals surface area contributed by atoms with Crippen LogP contribution in [0, 0.1) is 6.92 Å². The van der Waals surface area contributed by atoms with Gasteiger partial charge in [-0.15, -0.1) is 0 Å². The van der Waals surface area contributed by atoms with Crippen LogP contribution in [0.4, 0.5) is 11.5 Å². The topological polar surface area (TPSA) is 59.5 Å². The highest BCUT2D eigenvalue weighted by Crippen LogP contribution is 2.24. The van der Waals surface area contributed by atoms with Gasteiger partial charge in [-0.2, -0.15) is 5.10 Å². The van der Waals surface area contributed by atoms with E-state index < -0.39 is 0 Å². The van der Waals surface area contributed by atoms with Crippen LogP contribution >= 0.6 is 0 Å². The van der Waals surface area contributed by atoms with Crippen molar-refractivity contribution >= 4 is 17.2 Å². The molecule has 0 saturated carbocycles. The Hall–Kier alpha value is -2.40. The van der Waals surface area contributed by atoms with Gasteiger partial charge in [0.1, 0.15) is 5.82 Å². The lowest BCUT2D eigenvalue weighted by molar-refractivity contribution is 0.807. The number of aromatic nitrogens is 3. The minimum Gasteiger partial charge on any atom is -0.330 e. The minimum atomic E-state index is 0.664. The molecule has 2 aromatic heterocycles. The lowest BCUT2D eigenvalue weighted by Gasteiger charge is -2.24. The molecule has 0 unspecified atom stereocenters. The first-order valence-corrected chi connectivity index (χ1v) is 7.12. The number of fused-ring (bicyclic) bond motifs is 1. The lowest BCUT2D eigenvalue weighted by Crippen LogP contribution is -2.22. The lowest BCUT2D eigenvalue weighted by atomic mass is 10.2. The number of benzene rings is 1. The zero-order valence-electron chi connectivity index (χ0n) is 12.1. The molecule has 3 rings (SSSR count). The summed E-state index contributed by atoms with van der Waals surface area (Å²) >= 11 is 0. The molecular formula is C16H19N5. The molecule has 0 bridgehead atoms. The average molecular weight is 281 g/mol. The molecule has 2 heterocycles. The van der Waals surface area contributed by atoms with Gasteiger partial charge in [-0.3, -0.25) is 0 Å². The molecule has 1 aromatic carbocycles. The van der Waals surface area contributed by atoms with Gasteiger partial charge in [0.2, 0.25) is 0 Å². The fourth-order valence-electron chi connectivity index (χ4n) is 2.30. The predicted octanol–water partition coefficient (Wildman–Crippen LogP) is 2.52. The van der Waals surface area contributed by atoms with E-state index in [1.54, 1.807) is 10.7 Å². The second kappa shape index (κ2) is 5.93. The summed E-state index contributed by atoms with van der Waals surface area (Å²) in [5, 5.41) is 4.18. The Kier molecular flexibility index (Phi) is 3.83. The molecule has 0 spiro atoms. The maximum Gasteiger partial charge on any atom is 0.157 e. The highest BCUT2D eigenvalue weighted by atomic mass is 15.3. The van der Waals surface area contributed by atoms with Gasteiger partial charge in [0.15, 0.2) is 5.65 Å². The Balaban J connectivity index is 1.99. The van der Waals surface area contributed by atoms with Crippen molar-refractivity contribution in [2.24, 2.45) is 5.73 Å². The summed E-state index contributed by atoms with van der Waals surface area (Å²) in [6, 6.07) is 12.3. The van der Waals surface area contributed by atoms with E-state index >= 15 is 0 Å². The Morgan fingerprint density at radius 2 is 1.95 bits per heavy atom. The monoisotopic (exact) mass is 281 g/mol. The molecule has 2 N–H and O–H groups in total. The van der Waals surface area contributed by atoms with Crippen molar-refractivity contribution in [1.29, 1.82) is 0 Å². The van der Waals surface area contributed by atoms with E-state index in [1.807, 2.05) is 18.3 Å². The first-order valence-electron chi connectivity index (χ1n) is 7.12. The first kappa shape index (κ1) is 13.6. The maximum atomic E-state index is 5.67. The van der Waals surface area contributed by atoms with Gasteiger partial charge >= 0.3 is 0 Å². The van der Waals surface area contributed by atoms with Gasteiger partial charge in [-0.1, -0.05) is 17.7 Å². The molecule has 0 fully saturated rings. The van der Waals surface area contributed by atoms with Gasteiger partial charge in [-0.05, 0) is 38.1 Å². The smallest absolute Gasteiger partial charge is 0.157 e. The van der Waals surface area contributed by atoms with Gasteiger partial charge in [0.25, 0.3) is 0 Å². The van der Waals surface area contributed by atoms with Gasteiger partial charge in [0, 0.05) is 24.5 Å². The third kappa shape index (κ3) is 2.87. The number of rotatable bonds is 5. The van der Waals surface area contributed by atoms with Gasteiger partial charge in [0.05, 0.1) is 6.20 Å². The molecule has 5 nitrogen and oxygen atoms in total. The molecule has 0 atom stereocenters. The quantitative estimate of drug-likeness (QED) is 0.780. The van der Waals surface area contributed by atoms with E-state index in [9.17, 15) is 0 Å². The summed E-state index contributed by atoms with van der Waals surface area (Å²) in [5.74, 6) is 0.917. The van der Waals surface area contributed by atoms with Crippen molar-refractivity contribution in [3.8, 4) is 0 Å². The van der Waals surface area contributed by atoms with Crippen LogP contribution in [0.2, 0.25) is 0 Å². The minimum absolute atomic E-state index is 0.664. The zero-order chi connectivity index (χ0) is 14.7. The normalized spacial score (nSPS) is 11.0. The molecule has 0 aliphatic rings. The van der Waals surface area contributed by atoms with Crippen LogP contribution in [-0.2, 0) is 0 Å². The van der Waals surface area contributed by atoms with Crippen molar-refractivity contribution in [1.82, 2.24) is 14.6 Å². The molecule has 0 radical (unpaired) electrons. The third-order valence-electron chi connectivity index (χ3n) is 3.45. The van der Waals surface area contributed by atoms with Crippen molar-refractivity contribution in [3.05, 3.63) is 54.4 Å². The van der Waals surface area contributed by atoms with E-state index in [2.05, 4.69) is 46.2 Å². The fraction of sp³-hybridized carbons (Fsp3) is 0.250. The van der Waals surface area contributed by atoms with Crippen LogP contribution in [0.15, 0.2) is 48.8 Å². The highest BCUT2D eigenvalue weighted by Gasteiger charge is 2.11. The summed E-state index contributed by atoms with van der Waals surface area (Å²) in [6.07, 6.45) is 4.60. The van der Waals surface area contributed by atoms with Crippen LogP contribution in [-0.4, -0.2) is 27.7 Å². The van der Waals surface area contributed by atoms with Crippen LogP contribution in [0.5, 0.6) is 0 Å². The molecular weight excluding hydrogens is 262 g/mol. The van der Waals surface area contributed by atoms with Crippen LogP contribution < -0.4 is 10.6 Å². The number of hydrogen-bond donors (Lipinski definition) is 1. The average Bonchev–Trinajstić information content (AvgIpc) is 2.97. The van der Waals surface area contributed by atoms with Crippen LogP contribution in [0.25, 0.3) is 5.65 Å². The number of hydrogen-bond acceptors (Lipinski definition) is 4. The second-order valence-corrected chi connectivity index (χ2v) is 5.05. The Morgan fingerprint density at radius 1 is 1.14 bits per heavy atom. The second-order valence-electron chi connectivity index (χ2n) is 5.05. The molecule has 0 saturated heterocycles. The summed E-state index contributed by atoms with van der Waals surface area (Å²) in [7, 11) is 0. The molecule has 21 heavy (non-hydrogen) atoms. The van der Waals surface area contributed by atoms with Crippen LogP contribution in [0.3, 0.4) is 0 Å². The third-order valence-corrected chi connectivity index (χ3v) is 3.45. The molecule has 3 aromatic rings. The first-order chi connectivity index (χ1) is 10.3. The largest absolute Gasteiger partial charge is 0.330 e. The molecule has 0 aliphatic carbocycles. The fourth-order valence-corrected chi connectivity index (χ4v) is 2.30. The summed E-state index contributed by atoms with van der Waals surface area (Å²) in [6.45, 7) is 3.60. The number of nitrogens with two attached hydrogens (primary N) is 1. The molecule has 0 aliphatic heterocycles. The Bertz CT molecular complexity index is 717. The summed E-state index contributed by atoms with van der Waals surface area (Å²) in [4.78, 5) is 6.87. The van der Waals surface area contributed by atoms with Gasteiger partial charge in [-0.25, -0.2) is 9.50 Å². The Labute approximate surface area is 124 Å². The number of nitrogens with zero attached hydrogens (tertiary/aromatic N) is 4. The maximum absolute atomic E-state index is 5.67.